The Morgan fingerprint density at radius 1 is 1.35 bits per heavy atom. The Hall–Kier alpha value is -1.51. The van der Waals surface area contributed by atoms with Crippen LogP contribution in [0.2, 0.25) is 0 Å². The van der Waals surface area contributed by atoms with Crippen LogP contribution in [0, 0.1) is 5.82 Å². The van der Waals surface area contributed by atoms with Gasteiger partial charge in [-0.15, -0.1) is 6.58 Å². The number of anilines is 1. The number of unbranched alkanes of at least 4 members (excludes halogenated alkanes) is 3. The average Bonchev–Trinajstić information content (AvgIpc) is 2.35. The van der Waals surface area contributed by atoms with Crippen molar-refractivity contribution in [2.75, 3.05) is 19.0 Å². The van der Waals surface area contributed by atoms with Gasteiger partial charge in [-0.05, 0) is 31.4 Å². The summed E-state index contributed by atoms with van der Waals surface area (Å²) in [5, 5.41) is 3.25. The zero-order valence-corrected chi connectivity index (χ0v) is 10.3. The number of nitrogens with one attached hydrogen (secondary N) is 1. The van der Waals surface area contributed by atoms with Crippen LogP contribution in [0.25, 0.3) is 0 Å². The fraction of sp³-hybridized carbons (Fsp3) is 0.429. The Bertz CT molecular complexity index is 352. The molecule has 0 saturated heterocycles. The molecule has 0 amide bonds. The second-order valence-corrected chi connectivity index (χ2v) is 3.91. The normalized spacial score (nSPS) is 10.0. The first-order chi connectivity index (χ1) is 8.27. The first-order valence-corrected chi connectivity index (χ1v) is 5.96. The number of halogens is 1. The lowest BCUT2D eigenvalue weighted by Gasteiger charge is -2.08. The van der Waals surface area contributed by atoms with E-state index in [1.807, 2.05) is 6.08 Å². The van der Waals surface area contributed by atoms with E-state index in [0.717, 1.165) is 25.1 Å². The van der Waals surface area contributed by atoms with Crippen LogP contribution in [0.1, 0.15) is 25.7 Å². The summed E-state index contributed by atoms with van der Waals surface area (Å²) >= 11 is 0. The van der Waals surface area contributed by atoms with E-state index in [9.17, 15) is 4.39 Å². The van der Waals surface area contributed by atoms with Gasteiger partial charge in [-0.3, -0.25) is 0 Å². The number of methoxy groups -OCH3 is 1. The number of benzene rings is 1. The largest absolute Gasteiger partial charge is 0.494 e. The molecule has 0 aliphatic rings. The van der Waals surface area contributed by atoms with E-state index < -0.39 is 0 Å². The molecular weight excluding hydrogens is 217 g/mol. The van der Waals surface area contributed by atoms with Crippen molar-refractivity contribution in [2.45, 2.75) is 25.7 Å². The summed E-state index contributed by atoms with van der Waals surface area (Å²) in [7, 11) is 1.47. The monoisotopic (exact) mass is 237 g/mol. The highest BCUT2D eigenvalue weighted by Crippen LogP contribution is 2.21. The number of hydrogen-bond donors (Lipinski definition) is 1. The van der Waals surface area contributed by atoms with E-state index in [1.54, 1.807) is 12.1 Å². The molecule has 17 heavy (non-hydrogen) atoms. The van der Waals surface area contributed by atoms with Crippen LogP contribution >= 0.6 is 0 Å². The van der Waals surface area contributed by atoms with Gasteiger partial charge in [0.15, 0.2) is 11.6 Å². The molecule has 2 nitrogen and oxygen atoms in total. The first-order valence-electron chi connectivity index (χ1n) is 5.96. The summed E-state index contributed by atoms with van der Waals surface area (Å²) in [4.78, 5) is 0. The van der Waals surface area contributed by atoms with Crippen LogP contribution in [0.4, 0.5) is 10.1 Å². The number of ether oxygens (including phenoxy) is 1. The van der Waals surface area contributed by atoms with Crippen LogP contribution in [-0.2, 0) is 0 Å². The van der Waals surface area contributed by atoms with Crippen LogP contribution in [0.15, 0.2) is 30.9 Å². The molecule has 0 saturated carbocycles. The number of rotatable bonds is 8. The van der Waals surface area contributed by atoms with Gasteiger partial charge in [0.1, 0.15) is 0 Å². The molecule has 0 aliphatic carbocycles. The van der Waals surface area contributed by atoms with Crippen molar-refractivity contribution in [3.63, 3.8) is 0 Å². The summed E-state index contributed by atoms with van der Waals surface area (Å²) in [6, 6.07) is 4.82. The maximum absolute atomic E-state index is 13.1. The molecule has 0 fully saturated rings. The summed E-state index contributed by atoms with van der Waals surface area (Å²) in [6.45, 7) is 4.58. The summed E-state index contributed by atoms with van der Waals surface area (Å²) < 4.78 is 18.1. The molecule has 1 aromatic carbocycles. The molecule has 1 aromatic rings. The topological polar surface area (TPSA) is 21.3 Å². The van der Waals surface area contributed by atoms with Gasteiger partial charge >= 0.3 is 0 Å². The molecule has 94 valence electrons. The van der Waals surface area contributed by atoms with Gasteiger partial charge in [0.05, 0.1) is 7.11 Å². The van der Waals surface area contributed by atoms with Crippen molar-refractivity contribution in [2.24, 2.45) is 0 Å². The molecule has 0 radical (unpaired) electrons. The highest BCUT2D eigenvalue weighted by molar-refractivity contribution is 5.48. The van der Waals surface area contributed by atoms with Crippen molar-refractivity contribution in [3.05, 3.63) is 36.7 Å². The van der Waals surface area contributed by atoms with E-state index >= 15 is 0 Å². The predicted molar refractivity (Wildman–Crippen MR) is 70.1 cm³/mol. The highest BCUT2D eigenvalue weighted by atomic mass is 19.1. The molecule has 0 unspecified atom stereocenters. The minimum Gasteiger partial charge on any atom is -0.494 e. The molecule has 0 atom stereocenters. The highest BCUT2D eigenvalue weighted by Gasteiger charge is 2.02. The van der Waals surface area contributed by atoms with Gasteiger partial charge in [-0.2, -0.15) is 0 Å². The van der Waals surface area contributed by atoms with Gasteiger partial charge < -0.3 is 10.1 Å². The molecule has 0 heterocycles. The molecule has 1 rings (SSSR count). The van der Waals surface area contributed by atoms with Gasteiger partial charge in [-0.1, -0.05) is 12.5 Å². The van der Waals surface area contributed by atoms with Crippen LogP contribution in [0.3, 0.4) is 0 Å². The third-order valence-corrected chi connectivity index (χ3v) is 2.57. The molecule has 3 heteroatoms. The summed E-state index contributed by atoms with van der Waals surface area (Å²) in [6.07, 6.45) is 6.48. The second kappa shape index (κ2) is 7.71. The molecule has 0 aliphatic heterocycles. The van der Waals surface area contributed by atoms with Gasteiger partial charge in [-0.25, -0.2) is 4.39 Å². The standard InChI is InChI=1S/C14H20FNO/c1-3-4-5-6-7-10-16-12-8-9-13(15)14(11-12)17-2/h3,8-9,11,16H,1,4-7,10H2,2H3. The zero-order chi connectivity index (χ0) is 12.5. The molecule has 1 N–H and O–H groups in total. The van der Waals surface area contributed by atoms with Gasteiger partial charge in [0.2, 0.25) is 0 Å². The van der Waals surface area contributed by atoms with Crippen molar-refractivity contribution in [1.82, 2.24) is 0 Å². The predicted octanol–water partition coefficient (Wildman–Crippen LogP) is 3.99. The second-order valence-electron chi connectivity index (χ2n) is 3.91. The molecular formula is C14H20FNO. The lowest BCUT2D eigenvalue weighted by Crippen LogP contribution is -2.02. The van der Waals surface area contributed by atoms with Crippen molar-refractivity contribution < 1.29 is 9.13 Å². The SMILES string of the molecule is C=CCCCCCNc1ccc(F)c(OC)c1. The maximum atomic E-state index is 13.1. The van der Waals surface area contributed by atoms with Crippen molar-refractivity contribution in [1.29, 1.82) is 0 Å². The maximum Gasteiger partial charge on any atom is 0.165 e. The Morgan fingerprint density at radius 3 is 2.88 bits per heavy atom. The third-order valence-electron chi connectivity index (χ3n) is 2.57. The fourth-order valence-corrected chi connectivity index (χ4v) is 1.59. The summed E-state index contributed by atoms with van der Waals surface area (Å²) in [5.74, 6) is -0.0503. The quantitative estimate of drug-likeness (QED) is 0.545. The van der Waals surface area contributed by atoms with Crippen molar-refractivity contribution in [3.8, 4) is 5.75 Å². The summed E-state index contributed by atoms with van der Waals surface area (Å²) in [5.41, 5.74) is 0.895. The lowest BCUT2D eigenvalue weighted by molar-refractivity contribution is 0.387. The minimum absolute atomic E-state index is 0.279. The molecule has 0 aromatic heterocycles. The molecule has 0 bridgehead atoms. The van der Waals surface area contributed by atoms with Gasteiger partial charge in [0.25, 0.3) is 0 Å². The van der Waals surface area contributed by atoms with Crippen molar-refractivity contribution >= 4 is 5.69 Å². The Balaban J connectivity index is 2.29. The minimum atomic E-state index is -0.330. The van der Waals surface area contributed by atoms with E-state index in [1.165, 1.54) is 26.0 Å². The smallest absolute Gasteiger partial charge is 0.165 e. The number of allylic oxidation sites excluding steroid dienone is 1. The lowest BCUT2D eigenvalue weighted by atomic mass is 10.2. The average molecular weight is 237 g/mol. The van der Waals surface area contributed by atoms with E-state index in [2.05, 4.69) is 11.9 Å². The Morgan fingerprint density at radius 2 is 2.18 bits per heavy atom. The Labute approximate surface area is 102 Å². The molecule has 0 spiro atoms. The van der Waals surface area contributed by atoms with E-state index in [0.29, 0.717) is 0 Å². The first kappa shape index (κ1) is 13.6. The zero-order valence-electron chi connectivity index (χ0n) is 10.3. The van der Waals surface area contributed by atoms with E-state index in [-0.39, 0.29) is 11.6 Å². The third kappa shape index (κ3) is 4.89. The van der Waals surface area contributed by atoms with E-state index in [4.69, 9.17) is 4.74 Å². The number of hydrogen-bond acceptors (Lipinski definition) is 2. The van der Waals surface area contributed by atoms with Crippen LogP contribution < -0.4 is 10.1 Å². The van der Waals surface area contributed by atoms with Gasteiger partial charge in [0, 0.05) is 18.3 Å². The van der Waals surface area contributed by atoms with Crippen LogP contribution in [0.5, 0.6) is 5.75 Å². The van der Waals surface area contributed by atoms with Crippen LogP contribution in [-0.4, -0.2) is 13.7 Å². The Kier molecular flexibility index (Phi) is 6.15. The fourth-order valence-electron chi connectivity index (χ4n) is 1.59.